The van der Waals surface area contributed by atoms with Crippen molar-refractivity contribution in [2.24, 2.45) is 0 Å². The van der Waals surface area contributed by atoms with E-state index in [1.54, 1.807) is 36.4 Å². The molecule has 0 aromatic heterocycles. The smallest absolute Gasteiger partial charge is 0.475 e. The lowest BCUT2D eigenvalue weighted by Gasteiger charge is -2.31. The minimum atomic E-state index is -5.08. The van der Waals surface area contributed by atoms with Crippen molar-refractivity contribution in [1.82, 2.24) is 4.90 Å². The van der Waals surface area contributed by atoms with Crippen LogP contribution in [0.5, 0.6) is 11.5 Å². The molecule has 2 heterocycles. The molecular weight excluding hydrogens is 648 g/mol. The summed E-state index contributed by atoms with van der Waals surface area (Å²) in [6, 6.07) is 21.4. The Labute approximate surface area is 259 Å². The lowest BCUT2D eigenvalue weighted by atomic mass is 10.2. The summed E-state index contributed by atoms with van der Waals surface area (Å²) in [5.41, 5.74) is 1.94. The maximum absolute atomic E-state index is 13.7. The molecule has 17 heteroatoms. The number of fused-ring (bicyclic) bond motifs is 2. The first-order chi connectivity index (χ1) is 21.5. The largest absolute Gasteiger partial charge is 0.490 e. The molecule has 2 aliphatic heterocycles. The molecule has 3 N–H and O–H groups in total. The van der Waals surface area contributed by atoms with Crippen LogP contribution >= 0.6 is 0 Å². The Kier molecular flexibility index (Phi) is 11.9. The van der Waals surface area contributed by atoms with Gasteiger partial charge in [-0.2, -0.15) is 26.3 Å². The number of aliphatic carboxylic acids is 2. The van der Waals surface area contributed by atoms with Crippen LogP contribution in [0.25, 0.3) is 0 Å². The number of nitrogens with one attached hydrogen (secondary N) is 1. The van der Waals surface area contributed by atoms with Gasteiger partial charge in [-0.15, -0.1) is 0 Å². The number of ether oxygens (including phenoxy) is 1. The SMILES string of the molecule is O=C(O)C(F)(F)F.O=C(O)C(F)(F)F.O=S(=O)(c1ccc(NCCCN2CCCC2)cc1)N1c2ccccc2Oc2ccccc21. The molecule has 5 rings (SSSR count). The third kappa shape index (κ3) is 9.74. The summed E-state index contributed by atoms with van der Waals surface area (Å²) >= 11 is 0. The monoisotopic (exact) mass is 677 g/mol. The van der Waals surface area contributed by atoms with Crippen LogP contribution in [0.4, 0.5) is 43.4 Å². The zero-order valence-electron chi connectivity index (χ0n) is 23.9. The summed E-state index contributed by atoms with van der Waals surface area (Å²) in [5, 5.41) is 17.7. The zero-order valence-corrected chi connectivity index (χ0v) is 24.7. The lowest BCUT2D eigenvalue weighted by molar-refractivity contribution is -0.193. The number of sulfonamides is 1. The highest BCUT2D eigenvalue weighted by atomic mass is 32.2. The number of anilines is 3. The van der Waals surface area contributed by atoms with Crippen molar-refractivity contribution < 1.29 is 59.3 Å². The molecule has 0 aliphatic carbocycles. The molecule has 0 spiro atoms. The molecule has 1 saturated heterocycles. The lowest BCUT2D eigenvalue weighted by Crippen LogP contribution is -2.28. The Morgan fingerprint density at radius 3 is 1.63 bits per heavy atom. The highest BCUT2D eigenvalue weighted by Gasteiger charge is 2.39. The van der Waals surface area contributed by atoms with Crippen LogP contribution in [-0.4, -0.2) is 74.0 Å². The van der Waals surface area contributed by atoms with E-state index in [0.717, 1.165) is 25.2 Å². The number of carboxylic acids is 2. The topological polar surface area (TPSA) is 136 Å². The van der Waals surface area contributed by atoms with E-state index in [4.69, 9.17) is 24.5 Å². The van der Waals surface area contributed by atoms with Crippen molar-refractivity contribution in [3.05, 3.63) is 72.8 Å². The number of halogens is 6. The first-order valence-corrected chi connectivity index (χ1v) is 15.0. The summed E-state index contributed by atoms with van der Waals surface area (Å²) < 4.78 is 98.1. The van der Waals surface area contributed by atoms with Crippen LogP contribution in [0.1, 0.15) is 19.3 Å². The molecule has 10 nitrogen and oxygen atoms in total. The number of hydrogen-bond donors (Lipinski definition) is 3. The van der Waals surface area contributed by atoms with Gasteiger partial charge >= 0.3 is 24.3 Å². The van der Waals surface area contributed by atoms with Crippen LogP contribution in [-0.2, 0) is 19.6 Å². The standard InChI is InChI=1S/C25H27N3O3S.2C2HF3O2/c29-32(30,21-14-12-20(13-15-21)26-16-7-19-27-17-5-6-18-27)28-22-8-1-3-10-24(22)31-25-11-4-2-9-23(25)28;2*3-2(4,5)1(6)7/h1-4,8-15,26H,5-7,16-19H2;2*(H,6,7). The van der Waals surface area contributed by atoms with Crippen molar-refractivity contribution >= 4 is 39.0 Å². The normalized spacial score (nSPS) is 14.3. The van der Waals surface area contributed by atoms with Crippen LogP contribution in [0.3, 0.4) is 0 Å². The van der Waals surface area contributed by atoms with E-state index < -0.39 is 34.3 Å². The Hall–Kier alpha value is -4.51. The van der Waals surface area contributed by atoms with E-state index in [9.17, 15) is 34.8 Å². The van der Waals surface area contributed by atoms with E-state index in [1.807, 2.05) is 36.4 Å². The minimum Gasteiger partial charge on any atom is -0.475 e. The molecule has 0 radical (unpaired) electrons. The molecule has 0 bridgehead atoms. The van der Waals surface area contributed by atoms with Gasteiger partial charge in [0.05, 0.1) is 4.90 Å². The first kappa shape index (κ1) is 36.0. The fourth-order valence-corrected chi connectivity index (χ4v) is 5.83. The molecular formula is C29H29F6N3O7S. The molecule has 0 unspecified atom stereocenters. The molecule has 250 valence electrons. The highest BCUT2D eigenvalue weighted by molar-refractivity contribution is 7.93. The van der Waals surface area contributed by atoms with Crippen molar-refractivity contribution in [3.63, 3.8) is 0 Å². The second kappa shape index (κ2) is 15.2. The zero-order chi connectivity index (χ0) is 34.1. The number of carboxylic acid groups (broad SMARTS) is 2. The average molecular weight is 678 g/mol. The van der Waals surface area contributed by atoms with Gasteiger partial charge in [-0.1, -0.05) is 24.3 Å². The highest BCUT2D eigenvalue weighted by Crippen LogP contribution is 2.48. The molecule has 3 aromatic rings. The first-order valence-electron chi connectivity index (χ1n) is 13.6. The van der Waals surface area contributed by atoms with Crippen LogP contribution in [0.15, 0.2) is 77.7 Å². The van der Waals surface area contributed by atoms with E-state index in [2.05, 4.69) is 10.2 Å². The third-order valence-electron chi connectivity index (χ3n) is 6.44. The number of rotatable bonds is 7. The van der Waals surface area contributed by atoms with Gasteiger partial charge < -0.3 is 25.2 Å². The van der Waals surface area contributed by atoms with E-state index in [-0.39, 0.29) is 4.90 Å². The number of benzene rings is 3. The fourth-order valence-electron chi connectivity index (χ4n) is 4.32. The molecule has 3 aromatic carbocycles. The number of alkyl halides is 6. The minimum absolute atomic E-state index is 0.242. The molecule has 46 heavy (non-hydrogen) atoms. The van der Waals surface area contributed by atoms with Crippen LogP contribution in [0.2, 0.25) is 0 Å². The maximum atomic E-state index is 13.7. The van der Waals surface area contributed by atoms with E-state index in [1.165, 1.54) is 30.2 Å². The summed E-state index contributed by atoms with van der Waals surface area (Å²) in [4.78, 5) is 20.5. The molecule has 0 saturated carbocycles. The van der Waals surface area contributed by atoms with Crippen molar-refractivity contribution in [1.29, 1.82) is 0 Å². The van der Waals surface area contributed by atoms with Gasteiger partial charge in [0, 0.05) is 12.2 Å². The van der Waals surface area contributed by atoms with E-state index in [0.29, 0.717) is 22.9 Å². The quantitative estimate of drug-likeness (QED) is 0.190. The van der Waals surface area contributed by atoms with Crippen molar-refractivity contribution in [2.75, 3.05) is 35.8 Å². The summed E-state index contributed by atoms with van der Waals surface area (Å²) in [6.07, 6.45) is -6.48. The van der Waals surface area contributed by atoms with Gasteiger partial charge in [0.25, 0.3) is 10.0 Å². The second-order valence-corrected chi connectivity index (χ2v) is 11.6. The molecule has 1 fully saturated rings. The van der Waals surface area contributed by atoms with Gasteiger partial charge in [0.2, 0.25) is 0 Å². The summed E-state index contributed by atoms with van der Waals surface area (Å²) in [6.45, 7) is 4.39. The number of para-hydroxylation sites is 4. The average Bonchev–Trinajstić information content (AvgIpc) is 3.51. The Morgan fingerprint density at radius 1 is 0.761 bits per heavy atom. The van der Waals surface area contributed by atoms with Gasteiger partial charge in [-0.25, -0.2) is 22.3 Å². The van der Waals surface area contributed by atoms with Crippen molar-refractivity contribution in [3.8, 4) is 11.5 Å². The van der Waals surface area contributed by atoms with Gasteiger partial charge in [0.1, 0.15) is 11.4 Å². The van der Waals surface area contributed by atoms with Crippen LogP contribution < -0.4 is 14.4 Å². The fraction of sp³-hybridized carbons (Fsp3) is 0.310. The van der Waals surface area contributed by atoms with E-state index >= 15 is 0 Å². The Balaban J connectivity index is 0.000000345. The number of likely N-dealkylation sites (tertiary alicyclic amines) is 1. The predicted octanol–water partition coefficient (Wildman–Crippen LogP) is 6.48. The van der Waals surface area contributed by atoms with Gasteiger partial charge in [0.15, 0.2) is 11.5 Å². The third-order valence-corrected chi connectivity index (χ3v) is 8.19. The maximum Gasteiger partial charge on any atom is 0.490 e. The Bertz CT molecular complexity index is 1520. The second-order valence-electron chi connectivity index (χ2n) is 9.77. The molecule has 2 aliphatic rings. The van der Waals surface area contributed by atoms with Gasteiger partial charge in [-0.05, 0) is 87.4 Å². The summed E-state index contributed by atoms with van der Waals surface area (Å²) in [7, 11) is -3.82. The van der Waals surface area contributed by atoms with Gasteiger partial charge in [-0.3, -0.25) is 0 Å². The number of hydrogen-bond acceptors (Lipinski definition) is 7. The Morgan fingerprint density at radius 2 is 1.20 bits per heavy atom. The van der Waals surface area contributed by atoms with Crippen LogP contribution in [0, 0.1) is 0 Å². The summed E-state index contributed by atoms with van der Waals surface area (Å²) in [5.74, 6) is -4.47. The molecule has 0 atom stereocenters. The number of nitrogens with zero attached hydrogens (tertiary/aromatic N) is 2. The van der Waals surface area contributed by atoms with Crippen molar-refractivity contribution in [2.45, 2.75) is 36.5 Å². The predicted molar refractivity (Wildman–Crippen MR) is 155 cm³/mol. The number of carbonyl (C=O) groups is 2. The molecule has 0 amide bonds.